The summed E-state index contributed by atoms with van der Waals surface area (Å²) in [7, 11) is 0. The van der Waals surface area contributed by atoms with Gasteiger partial charge in [-0.3, -0.25) is 9.59 Å². The molecule has 4 rings (SSSR count). The number of nitrogens with one attached hydrogen (secondary N) is 1. The van der Waals surface area contributed by atoms with Crippen LogP contribution in [0.5, 0.6) is 0 Å². The standard InChI is InChI=1S/C31H38N6O2/c1-7-10-11-16-26-28(32-22(6)38)31(39)37-30(34-26)29(27(35-37)24-15-13-12-14-20(24)4)33-25-18-17-23(19-21(25)5)36(8-2)9-3/h12-15,17-19H,7-11,16H2,1-6H3,(H,32,38). The molecule has 0 saturated carbocycles. The Bertz CT molecular complexity index is 1500. The summed E-state index contributed by atoms with van der Waals surface area (Å²) in [6, 6.07) is 14.1. The molecule has 3 aromatic rings. The molecule has 0 radical (unpaired) electrons. The van der Waals surface area contributed by atoms with Gasteiger partial charge in [-0.25, -0.2) is 9.98 Å². The fraction of sp³-hybridized carbons (Fsp3) is 0.387. The Morgan fingerprint density at radius 1 is 1.03 bits per heavy atom. The Morgan fingerprint density at radius 3 is 2.41 bits per heavy atom. The molecule has 2 heterocycles. The van der Waals surface area contributed by atoms with Crippen LogP contribution in [0.25, 0.3) is 0 Å². The molecular weight excluding hydrogens is 488 g/mol. The van der Waals surface area contributed by atoms with Gasteiger partial charge in [0.25, 0.3) is 5.56 Å². The fourth-order valence-corrected chi connectivity index (χ4v) is 4.87. The van der Waals surface area contributed by atoms with E-state index in [9.17, 15) is 9.59 Å². The number of benzene rings is 2. The van der Waals surface area contributed by atoms with Gasteiger partial charge >= 0.3 is 0 Å². The summed E-state index contributed by atoms with van der Waals surface area (Å²) in [5.41, 5.74) is 6.36. The molecule has 0 bridgehead atoms. The second kappa shape index (κ2) is 12.2. The van der Waals surface area contributed by atoms with Crippen LogP contribution in [0.3, 0.4) is 0 Å². The van der Waals surface area contributed by atoms with Crippen molar-refractivity contribution in [1.82, 2.24) is 9.66 Å². The van der Waals surface area contributed by atoms with Crippen molar-refractivity contribution in [3.63, 3.8) is 0 Å². The average molecular weight is 527 g/mol. The largest absolute Gasteiger partial charge is 0.372 e. The van der Waals surface area contributed by atoms with E-state index in [1.165, 1.54) is 11.6 Å². The van der Waals surface area contributed by atoms with E-state index in [0.717, 1.165) is 60.4 Å². The van der Waals surface area contributed by atoms with E-state index in [1.807, 2.05) is 44.2 Å². The minimum Gasteiger partial charge on any atom is -0.372 e. The van der Waals surface area contributed by atoms with Gasteiger partial charge in [0.1, 0.15) is 17.1 Å². The topological polar surface area (TPSA) is 91.9 Å². The number of aromatic nitrogens is 2. The molecule has 1 aliphatic rings. The van der Waals surface area contributed by atoms with Crippen LogP contribution in [0.4, 0.5) is 17.1 Å². The SMILES string of the molecule is CCCCCc1nc2n(c(=O)c1NC(C)=O)N=C(c1ccccc1C)C2=Nc1ccc(N(CC)CC)cc1C. The van der Waals surface area contributed by atoms with Gasteiger partial charge in [0.2, 0.25) is 5.91 Å². The highest BCUT2D eigenvalue weighted by Crippen LogP contribution is 2.28. The molecular formula is C31H38N6O2. The molecule has 8 nitrogen and oxygen atoms in total. The highest BCUT2D eigenvalue weighted by atomic mass is 16.2. The lowest BCUT2D eigenvalue weighted by atomic mass is 10.0. The third-order valence-electron chi connectivity index (χ3n) is 7.03. The van der Waals surface area contributed by atoms with Crippen LogP contribution < -0.4 is 15.8 Å². The minimum atomic E-state index is -0.397. The first kappa shape index (κ1) is 28.0. The van der Waals surface area contributed by atoms with E-state index in [2.05, 4.69) is 43.1 Å². The molecule has 0 spiro atoms. The number of fused-ring (bicyclic) bond motifs is 1. The van der Waals surface area contributed by atoms with E-state index in [4.69, 9.17) is 15.1 Å². The summed E-state index contributed by atoms with van der Waals surface area (Å²) in [4.78, 5) is 38.0. The number of amides is 1. The predicted octanol–water partition coefficient (Wildman–Crippen LogP) is 5.78. The van der Waals surface area contributed by atoms with Crippen molar-refractivity contribution in [3.8, 4) is 0 Å². The third-order valence-corrected chi connectivity index (χ3v) is 7.03. The zero-order valence-electron chi connectivity index (χ0n) is 23.8. The van der Waals surface area contributed by atoms with Crippen LogP contribution in [0.2, 0.25) is 0 Å². The number of anilines is 2. The number of nitrogens with zero attached hydrogens (tertiary/aromatic N) is 5. The first-order chi connectivity index (χ1) is 18.8. The van der Waals surface area contributed by atoms with Crippen LogP contribution in [0.15, 0.2) is 57.4 Å². The second-order valence-corrected chi connectivity index (χ2v) is 9.88. The molecule has 0 unspecified atom stereocenters. The van der Waals surface area contributed by atoms with E-state index >= 15 is 0 Å². The van der Waals surface area contributed by atoms with Gasteiger partial charge < -0.3 is 10.2 Å². The Balaban J connectivity index is 1.93. The Morgan fingerprint density at radius 2 is 1.77 bits per heavy atom. The number of aliphatic imine (C=N–C) groups is 1. The van der Waals surface area contributed by atoms with Crippen LogP contribution in [-0.2, 0) is 11.2 Å². The van der Waals surface area contributed by atoms with Crippen molar-refractivity contribution in [2.24, 2.45) is 10.1 Å². The molecule has 1 N–H and O–H groups in total. The minimum absolute atomic E-state index is 0.191. The maximum Gasteiger partial charge on any atom is 0.298 e. The van der Waals surface area contributed by atoms with Crippen LogP contribution in [0, 0.1) is 13.8 Å². The quantitative estimate of drug-likeness (QED) is 0.339. The zero-order valence-corrected chi connectivity index (χ0v) is 23.8. The number of rotatable bonds is 10. The number of carbonyl (C=O) groups excluding carboxylic acids is 1. The first-order valence-electron chi connectivity index (χ1n) is 13.8. The number of aryl methyl sites for hydroxylation is 3. The van der Waals surface area contributed by atoms with E-state index < -0.39 is 5.56 Å². The molecule has 204 valence electrons. The first-order valence-corrected chi connectivity index (χ1v) is 13.8. The number of hydrogen-bond acceptors (Lipinski definition) is 6. The highest BCUT2D eigenvalue weighted by Gasteiger charge is 2.31. The molecule has 1 aliphatic heterocycles. The van der Waals surface area contributed by atoms with Crippen LogP contribution >= 0.6 is 0 Å². The fourth-order valence-electron chi connectivity index (χ4n) is 4.87. The van der Waals surface area contributed by atoms with Gasteiger partial charge in [0, 0.05) is 31.3 Å². The summed E-state index contributed by atoms with van der Waals surface area (Å²) < 4.78 is 1.29. The van der Waals surface area contributed by atoms with Crippen molar-refractivity contribution >= 4 is 34.4 Å². The number of unbranched alkanes of at least 4 members (excludes halogenated alkanes) is 2. The second-order valence-electron chi connectivity index (χ2n) is 9.88. The Hall–Kier alpha value is -4.07. The maximum atomic E-state index is 13.7. The van der Waals surface area contributed by atoms with Gasteiger partial charge in [0.05, 0.1) is 11.4 Å². The zero-order chi connectivity index (χ0) is 28.1. The number of hydrogen-bond donors (Lipinski definition) is 1. The van der Waals surface area contributed by atoms with E-state index in [1.54, 1.807) is 0 Å². The van der Waals surface area contributed by atoms with Gasteiger partial charge in [-0.15, -0.1) is 0 Å². The molecule has 0 saturated heterocycles. The molecule has 8 heteroatoms. The van der Waals surface area contributed by atoms with E-state index in [-0.39, 0.29) is 11.6 Å². The molecule has 0 fully saturated rings. The average Bonchev–Trinajstić information content (AvgIpc) is 3.26. The number of carbonyl (C=O) groups is 1. The summed E-state index contributed by atoms with van der Waals surface area (Å²) in [6.45, 7) is 13.7. The molecule has 0 atom stereocenters. The van der Waals surface area contributed by atoms with Crippen molar-refractivity contribution in [3.05, 3.63) is 81.0 Å². The smallest absolute Gasteiger partial charge is 0.298 e. The van der Waals surface area contributed by atoms with Crippen molar-refractivity contribution in [2.45, 2.75) is 67.2 Å². The molecule has 1 amide bonds. The monoisotopic (exact) mass is 526 g/mol. The van der Waals surface area contributed by atoms with Crippen molar-refractivity contribution in [2.75, 3.05) is 23.3 Å². The molecule has 2 aromatic carbocycles. The predicted molar refractivity (Wildman–Crippen MR) is 160 cm³/mol. The van der Waals surface area contributed by atoms with Crippen LogP contribution in [0.1, 0.15) is 75.2 Å². The lowest BCUT2D eigenvalue weighted by molar-refractivity contribution is -0.114. The highest BCUT2D eigenvalue weighted by molar-refractivity contribution is 6.54. The lowest BCUT2D eigenvalue weighted by Crippen LogP contribution is -2.28. The van der Waals surface area contributed by atoms with Gasteiger partial charge in [-0.05, 0) is 69.9 Å². The van der Waals surface area contributed by atoms with E-state index in [0.29, 0.717) is 29.4 Å². The molecule has 0 aliphatic carbocycles. The molecule has 1 aromatic heterocycles. The summed E-state index contributed by atoms with van der Waals surface area (Å²) in [6.07, 6.45) is 3.49. The van der Waals surface area contributed by atoms with Crippen LogP contribution in [-0.4, -0.2) is 40.1 Å². The third kappa shape index (κ3) is 5.85. The Kier molecular flexibility index (Phi) is 8.74. The Labute approximate surface area is 230 Å². The summed E-state index contributed by atoms with van der Waals surface area (Å²) >= 11 is 0. The summed E-state index contributed by atoms with van der Waals surface area (Å²) in [5, 5.41) is 7.45. The van der Waals surface area contributed by atoms with Gasteiger partial charge in [-0.2, -0.15) is 9.78 Å². The van der Waals surface area contributed by atoms with Gasteiger partial charge in [0.15, 0.2) is 5.82 Å². The molecule has 39 heavy (non-hydrogen) atoms. The summed E-state index contributed by atoms with van der Waals surface area (Å²) in [5.74, 6) is 0.0798. The van der Waals surface area contributed by atoms with Gasteiger partial charge in [-0.1, -0.05) is 44.0 Å². The van der Waals surface area contributed by atoms with Crippen molar-refractivity contribution < 1.29 is 4.79 Å². The van der Waals surface area contributed by atoms with Crippen molar-refractivity contribution in [1.29, 1.82) is 0 Å². The lowest BCUT2D eigenvalue weighted by Gasteiger charge is -2.21. The normalized spacial score (nSPS) is 13.4. The maximum absolute atomic E-state index is 13.7.